The Bertz CT molecular complexity index is 915. The first-order chi connectivity index (χ1) is 12.6. The van der Waals surface area contributed by atoms with E-state index in [0.29, 0.717) is 10.7 Å². The minimum Gasteiger partial charge on any atom is -0.489 e. The summed E-state index contributed by atoms with van der Waals surface area (Å²) in [4.78, 5) is 25.3. The van der Waals surface area contributed by atoms with Crippen molar-refractivity contribution < 1.29 is 18.7 Å². The van der Waals surface area contributed by atoms with Crippen LogP contribution in [0.4, 0.5) is 9.18 Å². The van der Waals surface area contributed by atoms with Crippen molar-refractivity contribution in [1.82, 2.24) is 4.90 Å². The van der Waals surface area contributed by atoms with Gasteiger partial charge in [0.15, 0.2) is 0 Å². The van der Waals surface area contributed by atoms with Crippen LogP contribution in [0.3, 0.4) is 0 Å². The summed E-state index contributed by atoms with van der Waals surface area (Å²) >= 11 is 0.866. The summed E-state index contributed by atoms with van der Waals surface area (Å²) in [6, 6.07) is 13.2. The van der Waals surface area contributed by atoms with Crippen LogP contribution in [0.5, 0.6) is 5.75 Å². The predicted molar refractivity (Wildman–Crippen MR) is 98.7 cm³/mol. The third-order valence-corrected chi connectivity index (χ3v) is 4.50. The monoisotopic (exact) mass is 367 g/mol. The quantitative estimate of drug-likeness (QED) is 0.590. The topological polar surface area (TPSA) is 46.6 Å². The first kappa shape index (κ1) is 17.8. The fourth-order valence-corrected chi connectivity index (χ4v) is 3.17. The largest absolute Gasteiger partial charge is 0.489 e. The molecule has 1 aliphatic rings. The summed E-state index contributed by atoms with van der Waals surface area (Å²) in [5, 5.41) is -0.366. The Morgan fingerprint density at radius 2 is 1.96 bits per heavy atom. The highest BCUT2D eigenvalue weighted by Crippen LogP contribution is 2.32. The average Bonchev–Trinajstić information content (AvgIpc) is 2.89. The van der Waals surface area contributed by atoms with E-state index >= 15 is 0 Å². The lowest BCUT2D eigenvalue weighted by molar-refractivity contribution is -0.122. The normalized spacial score (nSPS) is 15.4. The second-order valence-corrected chi connectivity index (χ2v) is 6.45. The first-order valence-corrected chi connectivity index (χ1v) is 8.54. The highest BCUT2D eigenvalue weighted by molar-refractivity contribution is 8.18. The van der Waals surface area contributed by atoms with Crippen LogP contribution in [0.1, 0.15) is 11.1 Å². The molecule has 1 fully saturated rings. The molecule has 0 N–H and O–H groups in total. The zero-order valence-corrected chi connectivity index (χ0v) is 14.5. The molecule has 1 aliphatic heterocycles. The minimum absolute atomic E-state index is 0.0329. The molecule has 130 valence electrons. The first-order valence-electron chi connectivity index (χ1n) is 7.73. The van der Waals surface area contributed by atoms with Gasteiger partial charge < -0.3 is 4.74 Å². The van der Waals surface area contributed by atoms with E-state index in [9.17, 15) is 14.0 Å². The number of amides is 2. The molecule has 0 spiro atoms. The molecule has 0 radical (unpaired) electrons. The summed E-state index contributed by atoms with van der Waals surface area (Å²) in [5.74, 6) is 2.22. The zero-order valence-electron chi connectivity index (χ0n) is 13.6. The van der Waals surface area contributed by atoms with Gasteiger partial charge in [0.05, 0.1) is 11.4 Å². The maximum atomic E-state index is 13.1. The Morgan fingerprint density at radius 3 is 2.65 bits per heavy atom. The molecule has 6 heteroatoms. The number of hydrogen-bond donors (Lipinski definition) is 0. The molecule has 0 aliphatic carbocycles. The van der Waals surface area contributed by atoms with E-state index < -0.39 is 0 Å². The molecule has 0 bridgehead atoms. The molecule has 26 heavy (non-hydrogen) atoms. The SMILES string of the molecule is C#CCN1C(=O)SC(=Cc2ccc(OCc3cccc(F)c3)cc2)C1=O. The summed E-state index contributed by atoms with van der Waals surface area (Å²) in [5.41, 5.74) is 1.49. The van der Waals surface area contributed by atoms with Crippen LogP contribution in [0.15, 0.2) is 53.4 Å². The smallest absolute Gasteiger partial charge is 0.294 e. The molecule has 2 amide bonds. The van der Waals surface area contributed by atoms with Gasteiger partial charge in [-0.1, -0.05) is 30.2 Å². The second-order valence-electron chi connectivity index (χ2n) is 5.46. The van der Waals surface area contributed by atoms with Gasteiger partial charge in [-0.05, 0) is 53.2 Å². The van der Waals surface area contributed by atoms with E-state index in [-0.39, 0.29) is 30.1 Å². The number of carbonyl (C=O) groups is 2. The highest BCUT2D eigenvalue weighted by Gasteiger charge is 2.34. The van der Waals surface area contributed by atoms with Crippen molar-refractivity contribution in [3.63, 3.8) is 0 Å². The maximum Gasteiger partial charge on any atom is 0.294 e. The predicted octanol–water partition coefficient (Wildman–Crippen LogP) is 4.07. The molecule has 0 atom stereocenters. The van der Waals surface area contributed by atoms with E-state index in [1.807, 2.05) is 0 Å². The molecule has 4 nitrogen and oxygen atoms in total. The number of terminal acetylenes is 1. The maximum absolute atomic E-state index is 13.1. The summed E-state index contributed by atoms with van der Waals surface area (Å²) in [6.45, 7) is 0.219. The van der Waals surface area contributed by atoms with Crippen LogP contribution >= 0.6 is 11.8 Å². The van der Waals surface area contributed by atoms with Crippen molar-refractivity contribution in [1.29, 1.82) is 0 Å². The van der Waals surface area contributed by atoms with Crippen molar-refractivity contribution in [3.8, 4) is 18.1 Å². The van der Waals surface area contributed by atoms with Crippen LogP contribution in [0.25, 0.3) is 6.08 Å². The van der Waals surface area contributed by atoms with Crippen LogP contribution < -0.4 is 4.74 Å². The van der Waals surface area contributed by atoms with Gasteiger partial charge in [-0.3, -0.25) is 14.5 Å². The number of rotatable bonds is 5. The lowest BCUT2D eigenvalue weighted by Gasteiger charge is -2.07. The minimum atomic E-state index is -0.385. The highest BCUT2D eigenvalue weighted by atomic mass is 32.2. The van der Waals surface area contributed by atoms with Gasteiger partial charge in [-0.25, -0.2) is 4.39 Å². The molecule has 0 aromatic heterocycles. The van der Waals surface area contributed by atoms with Gasteiger partial charge in [0, 0.05) is 0 Å². The number of nitrogens with zero attached hydrogens (tertiary/aromatic N) is 1. The van der Waals surface area contributed by atoms with Crippen LogP contribution in [0, 0.1) is 18.2 Å². The molecule has 0 saturated carbocycles. The Labute approximate surface area is 154 Å². The van der Waals surface area contributed by atoms with E-state index in [1.54, 1.807) is 42.5 Å². The second kappa shape index (κ2) is 7.89. The van der Waals surface area contributed by atoms with Crippen molar-refractivity contribution in [2.45, 2.75) is 6.61 Å². The van der Waals surface area contributed by atoms with Gasteiger partial charge in [0.2, 0.25) is 0 Å². The molecule has 0 unspecified atom stereocenters. The molecule has 1 saturated heterocycles. The Kier molecular flexibility index (Phi) is 5.40. The summed E-state index contributed by atoms with van der Waals surface area (Å²) in [7, 11) is 0. The molecule has 2 aromatic rings. The van der Waals surface area contributed by atoms with Gasteiger partial charge >= 0.3 is 0 Å². The Hall–Kier alpha value is -3.04. The number of hydrogen-bond acceptors (Lipinski definition) is 4. The summed E-state index contributed by atoms with van der Waals surface area (Å²) in [6.07, 6.45) is 6.80. The van der Waals surface area contributed by atoms with Crippen LogP contribution in [-0.2, 0) is 11.4 Å². The Morgan fingerprint density at radius 1 is 1.19 bits per heavy atom. The number of thioether (sulfide) groups is 1. The number of imide groups is 1. The van der Waals surface area contributed by atoms with Gasteiger partial charge in [-0.15, -0.1) is 6.42 Å². The molecular weight excluding hydrogens is 353 g/mol. The van der Waals surface area contributed by atoms with Crippen LogP contribution in [-0.4, -0.2) is 22.6 Å². The Balaban J connectivity index is 1.65. The number of benzene rings is 2. The zero-order chi connectivity index (χ0) is 18.5. The van der Waals surface area contributed by atoms with Gasteiger partial charge in [0.25, 0.3) is 11.1 Å². The van der Waals surface area contributed by atoms with E-state index in [0.717, 1.165) is 27.8 Å². The van der Waals surface area contributed by atoms with Crippen LogP contribution in [0.2, 0.25) is 0 Å². The fraction of sp³-hybridized carbons (Fsp3) is 0.100. The lowest BCUT2D eigenvalue weighted by Crippen LogP contribution is -2.28. The van der Waals surface area contributed by atoms with Crippen molar-refractivity contribution in [2.24, 2.45) is 0 Å². The van der Waals surface area contributed by atoms with Gasteiger partial charge in [-0.2, -0.15) is 0 Å². The standard InChI is InChI=1S/C20H14FNO3S/c1-2-10-22-19(23)18(26-20(22)24)12-14-6-8-17(9-7-14)25-13-15-4-3-5-16(21)11-15/h1,3-9,11-12H,10,13H2. The molecular formula is C20H14FNO3S. The third-order valence-electron chi connectivity index (χ3n) is 3.60. The van der Waals surface area contributed by atoms with E-state index in [1.165, 1.54) is 12.1 Å². The van der Waals surface area contributed by atoms with E-state index in [4.69, 9.17) is 11.2 Å². The third kappa shape index (κ3) is 4.13. The number of ether oxygens (including phenoxy) is 1. The molecule has 3 rings (SSSR count). The average molecular weight is 367 g/mol. The van der Waals surface area contributed by atoms with Crippen molar-refractivity contribution in [2.75, 3.05) is 6.54 Å². The summed E-state index contributed by atoms with van der Waals surface area (Å²) < 4.78 is 18.8. The number of carbonyl (C=O) groups excluding carboxylic acids is 2. The van der Waals surface area contributed by atoms with Gasteiger partial charge in [0.1, 0.15) is 18.2 Å². The number of halogens is 1. The fourth-order valence-electron chi connectivity index (χ4n) is 2.33. The molecule has 2 aromatic carbocycles. The molecule has 1 heterocycles. The van der Waals surface area contributed by atoms with Crippen molar-refractivity contribution in [3.05, 3.63) is 70.4 Å². The lowest BCUT2D eigenvalue weighted by atomic mass is 10.2. The van der Waals surface area contributed by atoms with Crippen molar-refractivity contribution >= 4 is 29.0 Å². The van der Waals surface area contributed by atoms with E-state index in [2.05, 4.69) is 5.92 Å².